The summed E-state index contributed by atoms with van der Waals surface area (Å²) < 4.78 is 0. The summed E-state index contributed by atoms with van der Waals surface area (Å²) in [6, 6.07) is 9.56. The zero-order chi connectivity index (χ0) is 15.1. The molecule has 2 rings (SSSR count). The lowest BCUT2D eigenvalue weighted by atomic mass is 9.91. The zero-order valence-corrected chi connectivity index (χ0v) is 14.7. The lowest BCUT2D eigenvalue weighted by Crippen LogP contribution is -2.22. The molecule has 1 aromatic rings. The van der Waals surface area contributed by atoms with Crippen LogP contribution in [0.4, 0.5) is 0 Å². The summed E-state index contributed by atoms with van der Waals surface area (Å²) in [6.45, 7) is 8.05. The van der Waals surface area contributed by atoms with Gasteiger partial charge in [0.1, 0.15) is 0 Å². The van der Waals surface area contributed by atoms with Crippen LogP contribution in [0.3, 0.4) is 0 Å². The molecule has 1 aromatic carbocycles. The van der Waals surface area contributed by atoms with Gasteiger partial charge >= 0.3 is 0 Å². The van der Waals surface area contributed by atoms with Gasteiger partial charge in [0.05, 0.1) is 0 Å². The number of benzene rings is 1. The molecule has 1 nitrogen and oxygen atoms in total. The maximum Gasteiger partial charge on any atom is 0.0328 e. The first-order valence-corrected chi connectivity index (χ1v) is 9.61. The van der Waals surface area contributed by atoms with E-state index in [1.165, 1.54) is 49.0 Å². The van der Waals surface area contributed by atoms with E-state index < -0.39 is 0 Å². The zero-order valence-electron chi connectivity index (χ0n) is 13.9. The predicted molar refractivity (Wildman–Crippen MR) is 95.0 cm³/mol. The van der Waals surface area contributed by atoms with Crippen molar-refractivity contribution in [3.63, 3.8) is 0 Å². The van der Waals surface area contributed by atoms with Gasteiger partial charge in [0.25, 0.3) is 0 Å². The van der Waals surface area contributed by atoms with Gasteiger partial charge < -0.3 is 5.32 Å². The van der Waals surface area contributed by atoms with Crippen LogP contribution in [0.25, 0.3) is 0 Å². The fourth-order valence-electron chi connectivity index (χ4n) is 3.33. The Kier molecular flexibility index (Phi) is 7.12. The molecule has 1 N–H and O–H groups in total. The molecule has 21 heavy (non-hydrogen) atoms. The first-order valence-electron chi connectivity index (χ1n) is 8.73. The second kappa shape index (κ2) is 8.85. The molecule has 0 heterocycles. The maximum atomic E-state index is 3.71. The number of hydrogen-bond donors (Lipinski definition) is 1. The molecule has 1 aliphatic rings. The van der Waals surface area contributed by atoms with Crippen molar-refractivity contribution in [3.05, 3.63) is 29.8 Å². The van der Waals surface area contributed by atoms with Gasteiger partial charge in [-0.05, 0) is 49.8 Å². The molecular formula is C19H31NS. The second-order valence-electron chi connectivity index (χ2n) is 6.46. The Hall–Kier alpha value is -0.470. The summed E-state index contributed by atoms with van der Waals surface area (Å²) in [6.07, 6.45) is 7.98. The van der Waals surface area contributed by atoms with E-state index in [0.29, 0.717) is 6.04 Å². The Morgan fingerprint density at radius 2 is 2.05 bits per heavy atom. The van der Waals surface area contributed by atoms with E-state index >= 15 is 0 Å². The Morgan fingerprint density at radius 1 is 1.24 bits per heavy atom. The smallest absolute Gasteiger partial charge is 0.0328 e. The SMILES string of the molecule is CCCNC(CC)c1ccccc1SC1CCCC(C)C1. The second-order valence-corrected chi connectivity index (χ2v) is 7.81. The van der Waals surface area contributed by atoms with Crippen LogP contribution in [-0.2, 0) is 0 Å². The lowest BCUT2D eigenvalue weighted by molar-refractivity contribution is 0.394. The standard InChI is InChI=1S/C19H31NS/c1-4-13-20-18(5-2)17-11-6-7-12-19(17)21-16-10-8-9-15(3)14-16/h6-7,11-12,15-16,18,20H,4-5,8-10,13-14H2,1-3H3. The summed E-state index contributed by atoms with van der Waals surface area (Å²) in [7, 11) is 0. The number of hydrogen-bond acceptors (Lipinski definition) is 2. The van der Waals surface area contributed by atoms with E-state index in [-0.39, 0.29) is 0 Å². The molecule has 3 unspecified atom stereocenters. The minimum Gasteiger partial charge on any atom is -0.310 e. The molecule has 0 bridgehead atoms. The van der Waals surface area contributed by atoms with Gasteiger partial charge in [-0.3, -0.25) is 0 Å². The third-order valence-corrected chi connectivity index (χ3v) is 5.91. The minimum absolute atomic E-state index is 0.509. The highest BCUT2D eigenvalue weighted by molar-refractivity contribution is 8.00. The van der Waals surface area contributed by atoms with Gasteiger partial charge in [0.15, 0.2) is 0 Å². The lowest BCUT2D eigenvalue weighted by Gasteiger charge is -2.28. The molecule has 0 spiro atoms. The van der Waals surface area contributed by atoms with E-state index in [1.807, 2.05) is 0 Å². The molecular weight excluding hydrogens is 274 g/mol. The van der Waals surface area contributed by atoms with Crippen LogP contribution in [0.15, 0.2) is 29.2 Å². The molecule has 0 amide bonds. The first-order chi connectivity index (χ1) is 10.2. The average molecular weight is 306 g/mol. The molecule has 0 saturated heterocycles. The van der Waals surface area contributed by atoms with Crippen LogP contribution in [-0.4, -0.2) is 11.8 Å². The average Bonchev–Trinajstić information content (AvgIpc) is 2.49. The summed E-state index contributed by atoms with van der Waals surface area (Å²) in [5, 5.41) is 4.53. The largest absolute Gasteiger partial charge is 0.310 e. The highest BCUT2D eigenvalue weighted by atomic mass is 32.2. The highest BCUT2D eigenvalue weighted by Crippen LogP contribution is 2.39. The van der Waals surface area contributed by atoms with E-state index in [0.717, 1.165) is 17.7 Å². The summed E-state index contributed by atoms with van der Waals surface area (Å²) in [5.41, 5.74) is 1.51. The van der Waals surface area contributed by atoms with Crippen molar-refractivity contribution >= 4 is 11.8 Å². The van der Waals surface area contributed by atoms with E-state index in [2.05, 4.69) is 62.1 Å². The van der Waals surface area contributed by atoms with Gasteiger partial charge in [0.2, 0.25) is 0 Å². The van der Waals surface area contributed by atoms with Crippen LogP contribution in [0, 0.1) is 5.92 Å². The molecule has 0 radical (unpaired) electrons. The van der Waals surface area contributed by atoms with Crippen molar-refractivity contribution < 1.29 is 0 Å². The summed E-state index contributed by atoms with van der Waals surface area (Å²) >= 11 is 2.13. The number of nitrogens with one attached hydrogen (secondary N) is 1. The van der Waals surface area contributed by atoms with Crippen molar-refractivity contribution in [1.82, 2.24) is 5.32 Å². The molecule has 1 aliphatic carbocycles. The van der Waals surface area contributed by atoms with Crippen LogP contribution >= 0.6 is 11.8 Å². The van der Waals surface area contributed by atoms with E-state index in [9.17, 15) is 0 Å². The molecule has 118 valence electrons. The van der Waals surface area contributed by atoms with Crippen molar-refractivity contribution in [3.8, 4) is 0 Å². The Morgan fingerprint density at radius 3 is 2.76 bits per heavy atom. The molecule has 3 atom stereocenters. The minimum atomic E-state index is 0.509. The third-order valence-electron chi connectivity index (χ3n) is 4.53. The first kappa shape index (κ1) is 16.9. The van der Waals surface area contributed by atoms with Crippen LogP contribution in [0.5, 0.6) is 0 Å². The normalized spacial score (nSPS) is 24.0. The molecule has 1 fully saturated rings. The maximum absolute atomic E-state index is 3.71. The monoisotopic (exact) mass is 305 g/mol. The van der Waals surface area contributed by atoms with Gasteiger partial charge in [-0.15, -0.1) is 11.8 Å². The molecule has 1 saturated carbocycles. The van der Waals surface area contributed by atoms with Gasteiger partial charge in [-0.1, -0.05) is 51.8 Å². The van der Waals surface area contributed by atoms with Crippen LogP contribution in [0.2, 0.25) is 0 Å². The third kappa shape index (κ3) is 5.03. The van der Waals surface area contributed by atoms with Gasteiger partial charge in [-0.2, -0.15) is 0 Å². The molecule has 2 heteroatoms. The topological polar surface area (TPSA) is 12.0 Å². The van der Waals surface area contributed by atoms with Crippen molar-refractivity contribution in [2.24, 2.45) is 5.92 Å². The fraction of sp³-hybridized carbons (Fsp3) is 0.684. The van der Waals surface area contributed by atoms with Gasteiger partial charge in [0, 0.05) is 16.2 Å². The van der Waals surface area contributed by atoms with Crippen LogP contribution in [0.1, 0.15) is 70.9 Å². The van der Waals surface area contributed by atoms with Crippen molar-refractivity contribution in [1.29, 1.82) is 0 Å². The summed E-state index contributed by atoms with van der Waals surface area (Å²) in [4.78, 5) is 1.51. The summed E-state index contributed by atoms with van der Waals surface area (Å²) in [5.74, 6) is 0.906. The predicted octanol–water partition coefficient (Wildman–Crippen LogP) is 5.81. The Labute approximate surface area is 135 Å². The van der Waals surface area contributed by atoms with Crippen LogP contribution < -0.4 is 5.32 Å². The van der Waals surface area contributed by atoms with Gasteiger partial charge in [-0.25, -0.2) is 0 Å². The fourth-order valence-corrected chi connectivity index (χ4v) is 4.91. The molecule has 0 aliphatic heterocycles. The number of thioether (sulfide) groups is 1. The van der Waals surface area contributed by atoms with Crippen molar-refractivity contribution in [2.45, 2.75) is 75.5 Å². The van der Waals surface area contributed by atoms with Crippen molar-refractivity contribution in [2.75, 3.05) is 6.54 Å². The Balaban J connectivity index is 2.08. The van der Waals surface area contributed by atoms with E-state index in [4.69, 9.17) is 0 Å². The highest BCUT2D eigenvalue weighted by Gasteiger charge is 2.22. The Bertz CT molecular complexity index is 418. The molecule has 0 aromatic heterocycles. The number of rotatable bonds is 7. The van der Waals surface area contributed by atoms with E-state index in [1.54, 1.807) is 0 Å². The quantitative estimate of drug-likeness (QED) is 0.682.